The summed E-state index contributed by atoms with van der Waals surface area (Å²) in [5.41, 5.74) is 1.50. The van der Waals surface area contributed by atoms with E-state index in [0.717, 1.165) is 6.20 Å². The van der Waals surface area contributed by atoms with Crippen molar-refractivity contribution in [3.8, 4) is 0 Å². The first-order chi connectivity index (χ1) is 8.95. The van der Waals surface area contributed by atoms with Crippen molar-refractivity contribution >= 4 is 17.5 Å². The number of nitrogen functional groups attached to an aromatic ring is 1. The van der Waals surface area contributed by atoms with Gasteiger partial charge in [-0.3, -0.25) is 15.5 Å². The molecule has 1 aromatic rings. The summed E-state index contributed by atoms with van der Waals surface area (Å²) in [4.78, 5) is 18.0. The zero-order valence-corrected chi connectivity index (χ0v) is 10.9. The molecule has 19 heavy (non-hydrogen) atoms. The van der Waals surface area contributed by atoms with E-state index in [1.165, 1.54) is 0 Å². The monoisotopic (exact) mass is 270 g/mol. The summed E-state index contributed by atoms with van der Waals surface area (Å²) in [5.74, 6) is 5.34. The van der Waals surface area contributed by atoms with E-state index in [1.54, 1.807) is 0 Å². The molecule has 0 aliphatic carbocycles. The minimum atomic E-state index is -0.572. The molecule has 0 fully saturated rings. The van der Waals surface area contributed by atoms with E-state index in [-0.39, 0.29) is 24.1 Å². The van der Waals surface area contributed by atoms with Gasteiger partial charge < -0.3 is 10.4 Å². The van der Waals surface area contributed by atoms with Gasteiger partial charge in [0, 0.05) is 12.1 Å². The van der Waals surface area contributed by atoms with Crippen molar-refractivity contribution in [2.75, 3.05) is 17.3 Å². The molecular formula is C10H18N6O3. The maximum Gasteiger partial charge on any atom is 0.329 e. The molecule has 0 radical (unpaired) electrons. The van der Waals surface area contributed by atoms with Crippen molar-refractivity contribution in [1.82, 2.24) is 9.97 Å². The van der Waals surface area contributed by atoms with Crippen LogP contribution in [-0.2, 0) is 0 Å². The normalized spacial score (nSPS) is 13.7. The number of aliphatic hydroxyl groups excluding tert-OH is 1. The highest BCUT2D eigenvalue weighted by Crippen LogP contribution is 2.27. The molecule has 0 aliphatic rings. The molecule has 1 unspecified atom stereocenters. The van der Waals surface area contributed by atoms with Crippen LogP contribution in [0.2, 0.25) is 0 Å². The van der Waals surface area contributed by atoms with Crippen molar-refractivity contribution < 1.29 is 10.0 Å². The molecular weight excluding hydrogens is 252 g/mol. The minimum absolute atomic E-state index is 0.0295. The van der Waals surface area contributed by atoms with Crippen molar-refractivity contribution in [3.05, 3.63) is 16.3 Å². The fourth-order valence-electron chi connectivity index (χ4n) is 1.53. The molecule has 106 valence electrons. The van der Waals surface area contributed by atoms with Gasteiger partial charge in [-0.25, -0.2) is 10.8 Å². The van der Waals surface area contributed by atoms with Gasteiger partial charge in [0.25, 0.3) is 0 Å². The number of nitrogens with two attached hydrogens (primary N) is 1. The van der Waals surface area contributed by atoms with Gasteiger partial charge in [-0.1, -0.05) is 6.92 Å². The van der Waals surface area contributed by atoms with Gasteiger partial charge in [0.15, 0.2) is 0 Å². The molecule has 0 spiro atoms. The molecule has 1 atom stereocenters. The smallest absolute Gasteiger partial charge is 0.329 e. The molecule has 1 rings (SSSR count). The van der Waals surface area contributed by atoms with Gasteiger partial charge in [-0.05, 0) is 19.8 Å². The van der Waals surface area contributed by atoms with E-state index in [2.05, 4.69) is 20.7 Å². The van der Waals surface area contributed by atoms with Crippen LogP contribution in [0.15, 0.2) is 6.20 Å². The maximum absolute atomic E-state index is 10.9. The molecule has 9 nitrogen and oxygen atoms in total. The van der Waals surface area contributed by atoms with E-state index < -0.39 is 10.5 Å². The number of nitro groups is 1. The first-order valence-electron chi connectivity index (χ1n) is 5.83. The topological polar surface area (TPSA) is 139 Å². The van der Waals surface area contributed by atoms with Crippen LogP contribution >= 0.6 is 0 Å². The second-order valence-electron chi connectivity index (χ2n) is 4.34. The van der Waals surface area contributed by atoms with Crippen LogP contribution in [0, 0.1) is 10.1 Å². The molecule has 0 bridgehead atoms. The molecule has 5 N–H and O–H groups in total. The van der Waals surface area contributed by atoms with E-state index in [1.807, 2.05) is 13.8 Å². The first kappa shape index (κ1) is 15.1. The Morgan fingerprint density at radius 1 is 1.63 bits per heavy atom. The number of aliphatic hydroxyl groups is 1. The third kappa shape index (κ3) is 3.73. The number of anilines is 2. The average molecular weight is 270 g/mol. The highest BCUT2D eigenvalue weighted by Gasteiger charge is 2.26. The van der Waals surface area contributed by atoms with Crippen LogP contribution in [0.5, 0.6) is 0 Å². The zero-order valence-electron chi connectivity index (χ0n) is 10.9. The summed E-state index contributed by atoms with van der Waals surface area (Å²) in [5, 5.41) is 23.0. The number of nitrogens with one attached hydrogen (secondary N) is 2. The van der Waals surface area contributed by atoms with Gasteiger partial charge >= 0.3 is 5.69 Å². The van der Waals surface area contributed by atoms with Gasteiger partial charge in [0.1, 0.15) is 6.20 Å². The van der Waals surface area contributed by atoms with Crippen molar-refractivity contribution in [3.63, 3.8) is 0 Å². The average Bonchev–Trinajstić information content (AvgIpc) is 2.38. The quantitative estimate of drug-likeness (QED) is 0.321. The Morgan fingerprint density at radius 3 is 2.79 bits per heavy atom. The van der Waals surface area contributed by atoms with Crippen molar-refractivity contribution in [1.29, 1.82) is 0 Å². The second kappa shape index (κ2) is 6.25. The van der Waals surface area contributed by atoms with Gasteiger partial charge in [0.2, 0.25) is 11.8 Å². The van der Waals surface area contributed by atoms with Crippen LogP contribution in [0.4, 0.5) is 17.5 Å². The summed E-state index contributed by atoms with van der Waals surface area (Å²) in [6.45, 7) is 3.74. The maximum atomic E-state index is 10.9. The highest BCUT2D eigenvalue weighted by molar-refractivity contribution is 5.58. The van der Waals surface area contributed by atoms with E-state index in [9.17, 15) is 10.1 Å². The van der Waals surface area contributed by atoms with E-state index in [0.29, 0.717) is 12.8 Å². The van der Waals surface area contributed by atoms with E-state index in [4.69, 9.17) is 10.9 Å². The Bertz CT molecular complexity index is 455. The number of aromatic nitrogens is 2. The van der Waals surface area contributed by atoms with Gasteiger partial charge in [-0.15, -0.1) is 0 Å². The standard InChI is InChI=1S/C10H18N6O3/c1-3-10(2,4-5-17)14-8-7(16(18)19)6-12-9(13-8)15-11/h6,17H,3-5,11H2,1-2H3,(H2,12,13,14,15). The fourth-order valence-corrected chi connectivity index (χ4v) is 1.53. The predicted octanol–water partition coefficient (Wildman–Crippen LogP) is 0.633. The number of hydrogen-bond donors (Lipinski definition) is 4. The summed E-state index contributed by atoms with van der Waals surface area (Å²) in [7, 11) is 0. The molecule has 0 aromatic carbocycles. The molecule has 0 saturated carbocycles. The second-order valence-corrected chi connectivity index (χ2v) is 4.34. The third-order valence-corrected chi connectivity index (χ3v) is 2.96. The van der Waals surface area contributed by atoms with Crippen LogP contribution < -0.4 is 16.6 Å². The molecule has 1 aromatic heterocycles. The summed E-state index contributed by atoms with van der Waals surface area (Å²) in [6.07, 6.45) is 2.19. The molecule has 9 heteroatoms. The van der Waals surface area contributed by atoms with Crippen LogP contribution in [0.25, 0.3) is 0 Å². The third-order valence-electron chi connectivity index (χ3n) is 2.96. The lowest BCUT2D eigenvalue weighted by Crippen LogP contribution is -2.35. The lowest BCUT2D eigenvalue weighted by Gasteiger charge is -2.29. The summed E-state index contributed by atoms with van der Waals surface area (Å²) < 4.78 is 0. The van der Waals surface area contributed by atoms with E-state index >= 15 is 0 Å². The molecule has 0 saturated heterocycles. The highest BCUT2D eigenvalue weighted by atomic mass is 16.6. The Balaban J connectivity index is 3.12. The zero-order chi connectivity index (χ0) is 14.5. The lowest BCUT2D eigenvalue weighted by atomic mass is 9.95. The number of nitrogens with zero attached hydrogens (tertiary/aromatic N) is 3. The number of rotatable bonds is 7. The molecule has 0 aliphatic heterocycles. The van der Waals surface area contributed by atoms with Crippen molar-refractivity contribution in [2.45, 2.75) is 32.2 Å². The SMILES string of the molecule is CCC(C)(CCO)Nc1nc(NN)ncc1[N+](=O)[O-]. The number of hydrazine groups is 1. The Hall–Kier alpha value is -2.00. The first-order valence-corrected chi connectivity index (χ1v) is 5.83. The fraction of sp³-hybridized carbons (Fsp3) is 0.600. The summed E-state index contributed by atoms with van der Waals surface area (Å²) in [6, 6.07) is 0. The van der Waals surface area contributed by atoms with Gasteiger partial charge in [0.05, 0.1) is 4.92 Å². The largest absolute Gasteiger partial charge is 0.396 e. The Kier molecular flexibility index (Phi) is 4.95. The predicted molar refractivity (Wildman–Crippen MR) is 70.5 cm³/mol. The molecule has 1 heterocycles. The summed E-state index contributed by atoms with van der Waals surface area (Å²) >= 11 is 0. The lowest BCUT2D eigenvalue weighted by molar-refractivity contribution is -0.384. The van der Waals surface area contributed by atoms with Crippen LogP contribution in [0.1, 0.15) is 26.7 Å². The van der Waals surface area contributed by atoms with Crippen molar-refractivity contribution in [2.24, 2.45) is 5.84 Å². The van der Waals surface area contributed by atoms with Crippen LogP contribution in [-0.4, -0.2) is 32.1 Å². The Morgan fingerprint density at radius 2 is 2.32 bits per heavy atom. The van der Waals surface area contributed by atoms with Gasteiger partial charge in [-0.2, -0.15) is 4.98 Å². The minimum Gasteiger partial charge on any atom is -0.396 e. The number of hydrogen-bond acceptors (Lipinski definition) is 8. The molecule has 0 amide bonds. The Labute approximate surface area is 110 Å². The van der Waals surface area contributed by atoms with Crippen LogP contribution in [0.3, 0.4) is 0 Å².